The molecule has 0 saturated carbocycles. The maximum absolute atomic E-state index is 10.8. The summed E-state index contributed by atoms with van der Waals surface area (Å²) in [7, 11) is 0. The lowest BCUT2D eigenvalue weighted by molar-refractivity contribution is -0.121. The van der Waals surface area contributed by atoms with Crippen LogP contribution in [0.25, 0.3) is 0 Å². The molecule has 0 aromatic rings. The summed E-state index contributed by atoms with van der Waals surface area (Å²) in [6.45, 7) is 5.73. The van der Waals surface area contributed by atoms with E-state index in [9.17, 15) is 9.90 Å². The fraction of sp³-hybridized carbons (Fsp3) is 0.875. The Kier molecular flexibility index (Phi) is 4.11. The highest BCUT2D eigenvalue weighted by Crippen LogP contribution is 2.05. The standard InChI is InChI=1S/C8H17NO2/c1-4-7(10)9-6-8(3,11)5-2/h11H,4-6H2,1-3H3,(H,9,10). The minimum absolute atomic E-state index is 0.0151. The molecule has 1 amide bonds. The van der Waals surface area contributed by atoms with Crippen molar-refractivity contribution in [1.82, 2.24) is 5.32 Å². The highest BCUT2D eigenvalue weighted by atomic mass is 16.3. The maximum atomic E-state index is 10.8. The van der Waals surface area contributed by atoms with Gasteiger partial charge in [-0.3, -0.25) is 4.79 Å². The van der Waals surface area contributed by atoms with Gasteiger partial charge in [-0.15, -0.1) is 0 Å². The highest BCUT2D eigenvalue weighted by Gasteiger charge is 2.17. The lowest BCUT2D eigenvalue weighted by Crippen LogP contribution is -2.39. The van der Waals surface area contributed by atoms with Crippen LogP contribution >= 0.6 is 0 Å². The Bertz CT molecular complexity index is 132. The van der Waals surface area contributed by atoms with Crippen molar-refractivity contribution in [2.24, 2.45) is 0 Å². The summed E-state index contributed by atoms with van der Waals surface area (Å²) in [4.78, 5) is 10.8. The molecule has 1 unspecified atom stereocenters. The largest absolute Gasteiger partial charge is 0.388 e. The van der Waals surface area contributed by atoms with E-state index in [2.05, 4.69) is 5.32 Å². The molecule has 0 fully saturated rings. The molecule has 0 aromatic heterocycles. The Morgan fingerprint density at radius 3 is 2.45 bits per heavy atom. The first-order valence-electron chi connectivity index (χ1n) is 4.01. The Morgan fingerprint density at radius 1 is 1.55 bits per heavy atom. The van der Waals surface area contributed by atoms with Gasteiger partial charge in [-0.1, -0.05) is 13.8 Å². The summed E-state index contributed by atoms with van der Waals surface area (Å²) < 4.78 is 0. The zero-order valence-corrected chi connectivity index (χ0v) is 7.48. The molecule has 0 saturated heterocycles. The molecule has 0 aliphatic heterocycles. The van der Waals surface area contributed by atoms with Gasteiger partial charge in [0, 0.05) is 13.0 Å². The van der Waals surface area contributed by atoms with E-state index in [-0.39, 0.29) is 5.91 Å². The van der Waals surface area contributed by atoms with Crippen LogP contribution < -0.4 is 5.32 Å². The van der Waals surface area contributed by atoms with E-state index in [4.69, 9.17) is 0 Å². The van der Waals surface area contributed by atoms with Crippen molar-refractivity contribution < 1.29 is 9.90 Å². The normalized spacial score (nSPS) is 15.6. The highest BCUT2D eigenvalue weighted by molar-refractivity contribution is 5.75. The van der Waals surface area contributed by atoms with Crippen molar-refractivity contribution >= 4 is 5.91 Å². The first-order valence-corrected chi connectivity index (χ1v) is 4.01. The molecule has 0 heterocycles. The number of carbonyl (C=O) groups is 1. The fourth-order valence-electron chi connectivity index (χ4n) is 0.539. The Hall–Kier alpha value is -0.570. The first-order chi connectivity index (χ1) is 5.02. The van der Waals surface area contributed by atoms with Crippen LogP contribution in [0.2, 0.25) is 0 Å². The monoisotopic (exact) mass is 159 g/mol. The maximum Gasteiger partial charge on any atom is 0.219 e. The van der Waals surface area contributed by atoms with Crippen molar-refractivity contribution in [2.45, 2.75) is 39.2 Å². The number of nitrogens with one attached hydrogen (secondary N) is 1. The van der Waals surface area contributed by atoms with Crippen LogP contribution in [0.5, 0.6) is 0 Å². The van der Waals surface area contributed by atoms with E-state index in [1.807, 2.05) is 6.92 Å². The van der Waals surface area contributed by atoms with E-state index < -0.39 is 5.60 Å². The zero-order chi connectivity index (χ0) is 8.91. The second kappa shape index (κ2) is 4.34. The third-order valence-electron chi connectivity index (χ3n) is 1.75. The Labute approximate surface area is 67.8 Å². The third kappa shape index (κ3) is 4.79. The van der Waals surface area contributed by atoms with Gasteiger partial charge in [0.05, 0.1) is 5.60 Å². The summed E-state index contributed by atoms with van der Waals surface area (Å²) >= 11 is 0. The van der Waals surface area contributed by atoms with Gasteiger partial charge in [-0.25, -0.2) is 0 Å². The quantitative estimate of drug-likeness (QED) is 0.633. The molecular formula is C8H17NO2. The molecule has 3 heteroatoms. The number of rotatable bonds is 4. The van der Waals surface area contributed by atoms with Crippen molar-refractivity contribution in [3.8, 4) is 0 Å². The van der Waals surface area contributed by atoms with Crippen LogP contribution in [0, 0.1) is 0 Å². The van der Waals surface area contributed by atoms with Crippen LogP contribution in [0.15, 0.2) is 0 Å². The Balaban J connectivity index is 3.61. The molecular weight excluding hydrogens is 142 g/mol. The number of hydrogen-bond donors (Lipinski definition) is 2. The van der Waals surface area contributed by atoms with Crippen molar-refractivity contribution in [1.29, 1.82) is 0 Å². The number of aliphatic hydroxyl groups is 1. The molecule has 0 aromatic carbocycles. The molecule has 0 radical (unpaired) electrons. The van der Waals surface area contributed by atoms with Crippen LogP contribution in [0.4, 0.5) is 0 Å². The molecule has 0 rings (SSSR count). The average molecular weight is 159 g/mol. The van der Waals surface area contributed by atoms with E-state index >= 15 is 0 Å². The molecule has 0 bridgehead atoms. The lowest BCUT2D eigenvalue weighted by atomic mass is 10.0. The topological polar surface area (TPSA) is 49.3 Å². The van der Waals surface area contributed by atoms with Gasteiger partial charge < -0.3 is 10.4 Å². The molecule has 0 aliphatic carbocycles. The van der Waals surface area contributed by atoms with Crippen molar-refractivity contribution in [3.63, 3.8) is 0 Å². The fourth-order valence-corrected chi connectivity index (χ4v) is 0.539. The lowest BCUT2D eigenvalue weighted by Gasteiger charge is -2.21. The minimum Gasteiger partial charge on any atom is -0.388 e. The summed E-state index contributed by atoms with van der Waals surface area (Å²) in [5.74, 6) is -0.0151. The Morgan fingerprint density at radius 2 is 2.09 bits per heavy atom. The van der Waals surface area contributed by atoms with Gasteiger partial charge in [0.15, 0.2) is 0 Å². The van der Waals surface area contributed by atoms with Gasteiger partial charge in [-0.05, 0) is 13.3 Å². The van der Waals surface area contributed by atoms with Crippen LogP contribution in [0.1, 0.15) is 33.6 Å². The predicted octanol–water partition coefficient (Wildman–Crippen LogP) is 0.674. The second-order valence-corrected chi connectivity index (χ2v) is 2.98. The second-order valence-electron chi connectivity index (χ2n) is 2.98. The van der Waals surface area contributed by atoms with Gasteiger partial charge in [0.25, 0.3) is 0 Å². The summed E-state index contributed by atoms with van der Waals surface area (Å²) in [5, 5.41) is 12.1. The summed E-state index contributed by atoms with van der Waals surface area (Å²) in [5.41, 5.74) is -0.759. The molecule has 0 spiro atoms. The van der Waals surface area contributed by atoms with E-state index in [1.165, 1.54) is 0 Å². The smallest absolute Gasteiger partial charge is 0.219 e. The molecule has 2 N–H and O–H groups in total. The number of carbonyl (C=O) groups excluding carboxylic acids is 1. The number of amides is 1. The molecule has 11 heavy (non-hydrogen) atoms. The summed E-state index contributed by atoms with van der Waals surface area (Å²) in [6, 6.07) is 0. The third-order valence-corrected chi connectivity index (χ3v) is 1.75. The van der Waals surface area contributed by atoms with Gasteiger partial charge >= 0.3 is 0 Å². The molecule has 1 atom stereocenters. The van der Waals surface area contributed by atoms with Crippen LogP contribution in [0.3, 0.4) is 0 Å². The van der Waals surface area contributed by atoms with E-state index in [0.29, 0.717) is 19.4 Å². The number of hydrogen-bond acceptors (Lipinski definition) is 2. The minimum atomic E-state index is -0.759. The first kappa shape index (κ1) is 10.4. The van der Waals surface area contributed by atoms with Crippen molar-refractivity contribution in [2.75, 3.05) is 6.54 Å². The van der Waals surface area contributed by atoms with E-state index in [1.54, 1.807) is 13.8 Å². The molecule has 66 valence electrons. The molecule has 3 nitrogen and oxygen atoms in total. The van der Waals surface area contributed by atoms with Crippen molar-refractivity contribution in [3.05, 3.63) is 0 Å². The van der Waals surface area contributed by atoms with Gasteiger partial charge in [0.1, 0.15) is 0 Å². The average Bonchev–Trinajstić information content (AvgIpc) is 2.00. The van der Waals surface area contributed by atoms with Gasteiger partial charge in [0.2, 0.25) is 5.91 Å². The summed E-state index contributed by atoms with van der Waals surface area (Å²) in [6.07, 6.45) is 1.12. The molecule has 0 aliphatic rings. The van der Waals surface area contributed by atoms with Gasteiger partial charge in [-0.2, -0.15) is 0 Å². The predicted molar refractivity (Wildman–Crippen MR) is 44.2 cm³/mol. The SMILES string of the molecule is CCC(=O)NCC(C)(O)CC. The zero-order valence-electron chi connectivity index (χ0n) is 7.48. The van der Waals surface area contributed by atoms with E-state index in [0.717, 1.165) is 0 Å². The van der Waals surface area contributed by atoms with Crippen LogP contribution in [-0.4, -0.2) is 23.2 Å². The van der Waals surface area contributed by atoms with Crippen LogP contribution in [-0.2, 0) is 4.79 Å².